The van der Waals surface area contributed by atoms with Gasteiger partial charge in [-0.3, -0.25) is 0 Å². The van der Waals surface area contributed by atoms with Gasteiger partial charge in [0.15, 0.2) is 0 Å². The van der Waals surface area contributed by atoms with Crippen LogP contribution >= 0.6 is 11.3 Å². The molecular weight excluding hydrogens is 260 g/mol. The SMILES string of the molecule is C=CCN(CCO)C(=O)NC(C)c1cc(C)sc1C. The number of hydrogen-bond acceptors (Lipinski definition) is 3. The molecule has 1 heterocycles. The zero-order chi connectivity index (χ0) is 14.4. The Labute approximate surface area is 118 Å². The molecule has 1 aromatic rings. The molecule has 0 saturated heterocycles. The maximum absolute atomic E-state index is 12.1. The van der Waals surface area contributed by atoms with Crippen LogP contribution in [-0.2, 0) is 0 Å². The number of aliphatic hydroxyl groups excluding tert-OH is 1. The molecule has 0 fully saturated rings. The van der Waals surface area contributed by atoms with Gasteiger partial charge in [-0.05, 0) is 32.4 Å². The van der Waals surface area contributed by atoms with Crippen molar-refractivity contribution in [1.82, 2.24) is 10.2 Å². The first kappa shape index (κ1) is 15.7. The summed E-state index contributed by atoms with van der Waals surface area (Å²) in [5.41, 5.74) is 1.15. The summed E-state index contributed by atoms with van der Waals surface area (Å²) in [5, 5.41) is 11.9. The predicted octanol–water partition coefficient (Wildman–Crippen LogP) is 2.62. The number of aliphatic hydroxyl groups is 1. The molecule has 0 aromatic carbocycles. The minimum Gasteiger partial charge on any atom is -0.395 e. The summed E-state index contributed by atoms with van der Waals surface area (Å²) in [7, 11) is 0. The molecule has 106 valence electrons. The molecule has 0 aliphatic heterocycles. The van der Waals surface area contributed by atoms with Crippen molar-refractivity contribution in [3.8, 4) is 0 Å². The normalized spacial score (nSPS) is 12.0. The quantitative estimate of drug-likeness (QED) is 0.788. The summed E-state index contributed by atoms with van der Waals surface area (Å²) in [5.74, 6) is 0. The minimum atomic E-state index is -0.176. The van der Waals surface area contributed by atoms with Gasteiger partial charge in [0.2, 0.25) is 0 Å². The van der Waals surface area contributed by atoms with Gasteiger partial charge >= 0.3 is 6.03 Å². The fourth-order valence-corrected chi connectivity index (χ4v) is 3.01. The van der Waals surface area contributed by atoms with Gasteiger partial charge in [0, 0.05) is 22.8 Å². The van der Waals surface area contributed by atoms with Crippen molar-refractivity contribution in [2.75, 3.05) is 19.7 Å². The Bertz CT molecular complexity index is 443. The Morgan fingerprint density at radius 3 is 2.79 bits per heavy atom. The molecule has 2 amide bonds. The molecule has 0 radical (unpaired) electrons. The molecule has 5 heteroatoms. The number of thiophene rings is 1. The number of carbonyl (C=O) groups excluding carboxylic acids is 1. The smallest absolute Gasteiger partial charge is 0.318 e. The Balaban J connectivity index is 2.69. The Morgan fingerprint density at radius 1 is 1.63 bits per heavy atom. The van der Waals surface area contributed by atoms with Crippen LogP contribution in [0.3, 0.4) is 0 Å². The number of urea groups is 1. The molecule has 2 N–H and O–H groups in total. The highest BCUT2D eigenvalue weighted by Crippen LogP contribution is 2.26. The molecule has 1 unspecified atom stereocenters. The van der Waals surface area contributed by atoms with Crippen LogP contribution in [0.25, 0.3) is 0 Å². The van der Waals surface area contributed by atoms with Crippen molar-refractivity contribution in [2.24, 2.45) is 0 Å². The lowest BCUT2D eigenvalue weighted by Gasteiger charge is -2.23. The molecule has 0 spiro atoms. The van der Waals surface area contributed by atoms with Gasteiger partial charge in [-0.2, -0.15) is 0 Å². The van der Waals surface area contributed by atoms with E-state index < -0.39 is 0 Å². The third-order valence-electron chi connectivity index (χ3n) is 2.89. The van der Waals surface area contributed by atoms with Gasteiger partial charge in [-0.15, -0.1) is 17.9 Å². The minimum absolute atomic E-state index is 0.0385. The number of rotatable bonds is 6. The fraction of sp³-hybridized carbons (Fsp3) is 0.500. The molecule has 1 aromatic heterocycles. The monoisotopic (exact) mass is 282 g/mol. The molecule has 19 heavy (non-hydrogen) atoms. The van der Waals surface area contributed by atoms with Crippen molar-refractivity contribution in [3.05, 3.63) is 34.0 Å². The van der Waals surface area contributed by atoms with Gasteiger partial charge in [0.1, 0.15) is 0 Å². The molecule has 0 bridgehead atoms. The van der Waals surface area contributed by atoms with Crippen molar-refractivity contribution < 1.29 is 9.90 Å². The van der Waals surface area contributed by atoms with E-state index in [-0.39, 0.29) is 18.7 Å². The maximum atomic E-state index is 12.1. The highest BCUT2D eigenvalue weighted by Gasteiger charge is 2.17. The van der Waals surface area contributed by atoms with Gasteiger partial charge in [0.05, 0.1) is 12.6 Å². The molecule has 4 nitrogen and oxygen atoms in total. The van der Waals surface area contributed by atoms with Crippen molar-refractivity contribution in [1.29, 1.82) is 0 Å². The standard InChI is InChI=1S/C14H22N2O2S/c1-5-6-16(7-8-17)14(18)15-11(3)13-9-10(2)19-12(13)4/h5,9,11,17H,1,6-8H2,2-4H3,(H,15,18). The van der Waals surface area contributed by atoms with E-state index in [4.69, 9.17) is 5.11 Å². The Hall–Kier alpha value is -1.33. The lowest BCUT2D eigenvalue weighted by molar-refractivity contribution is 0.181. The number of hydrogen-bond donors (Lipinski definition) is 2. The fourth-order valence-electron chi connectivity index (χ4n) is 1.99. The second-order valence-electron chi connectivity index (χ2n) is 4.50. The number of nitrogens with one attached hydrogen (secondary N) is 1. The number of nitrogens with zero attached hydrogens (tertiary/aromatic N) is 1. The van der Waals surface area contributed by atoms with E-state index in [0.29, 0.717) is 13.1 Å². The van der Waals surface area contributed by atoms with Crippen LogP contribution in [0.5, 0.6) is 0 Å². The van der Waals surface area contributed by atoms with E-state index in [0.717, 1.165) is 5.56 Å². The van der Waals surface area contributed by atoms with Crippen molar-refractivity contribution in [3.63, 3.8) is 0 Å². The van der Waals surface area contributed by atoms with Crippen molar-refractivity contribution >= 4 is 17.4 Å². The largest absolute Gasteiger partial charge is 0.395 e. The topological polar surface area (TPSA) is 52.6 Å². The first-order chi connectivity index (χ1) is 8.99. The molecule has 0 aliphatic carbocycles. The zero-order valence-corrected chi connectivity index (χ0v) is 12.6. The lowest BCUT2D eigenvalue weighted by atomic mass is 10.1. The van der Waals surface area contributed by atoms with Crippen LogP contribution in [0.4, 0.5) is 4.79 Å². The van der Waals surface area contributed by atoms with Crippen molar-refractivity contribution in [2.45, 2.75) is 26.8 Å². The van der Waals surface area contributed by atoms with Crippen LogP contribution in [0.15, 0.2) is 18.7 Å². The summed E-state index contributed by atoms with van der Waals surface area (Å²) >= 11 is 1.73. The van der Waals surface area contributed by atoms with Crippen LogP contribution < -0.4 is 5.32 Å². The van der Waals surface area contributed by atoms with E-state index in [9.17, 15) is 4.79 Å². The summed E-state index contributed by atoms with van der Waals surface area (Å²) in [6, 6.07) is 1.89. The summed E-state index contributed by atoms with van der Waals surface area (Å²) in [6.07, 6.45) is 1.65. The molecule has 0 saturated carbocycles. The van der Waals surface area contributed by atoms with Crippen LogP contribution in [0.1, 0.15) is 28.3 Å². The second kappa shape index (κ2) is 7.31. The first-order valence-electron chi connectivity index (χ1n) is 6.33. The van der Waals surface area contributed by atoms with E-state index >= 15 is 0 Å². The highest BCUT2D eigenvalue weighted by atomic mass is 32.1. The molecular formula is C14H22N2O2S. The predicted molar refractivity (Wildman–Crippen MR) is 79.6 cm³/mol. The third-order valence-corrected chi connectivity index (χ3v) is 3.87. The van der Waals surface area contributed by atoms with E-state index in [2.05, 4.69) is 31.8 Å². The maximum Gasteiger partial charge on any atom is 0.318 e. The van der Waals surface area contributed by atoms with Gasteiger partial charge in [0.25, 0.3) is 0 Å². The third kappa shape index (κ3) is 4.36. The van der Waals surface area contributed by atoms with E-state index in [1.54, 1.807) is 17.4 Å². The van der Waals surface area contributed by atoms with Gasteiger partial charge in [-0.25, -0.2) is 4.79 Å². The average Bonchev–Trinajstić information content (AvgIpc) is 2.68. The summed E-state index contributed by atoms with van der Waals surface area (Å²) in [6.45, 7) is 10.4. The lowest BCUT2D eigenvalue weighted by Crippen LogP contribution is -2.42. The number of carbonyl (C=O) groups is 1. The van der Waals surface area contributed by atoms with Gasteiger partial charge < -0.3 is 15.3 Å². The summed E-state index contributed by atoms with van der Waals surface area (Å²) in [4.78, 5) is 16.1. The Kier molecular flexibility index (Phi) is 6.05. The highest BCUT2D eigenvalue weighted by molar-refractivity contribution is 7.12. The van der Waals surface area contributed by atoms with Gasteiger partial charge in [-0.1, -0.05) is 6.08 Å². The second-order valence-corrected chi connectivity index (χ2v) is 5.96. The number of amides is 2. The molecule has 1 atom stereocenters. The Morgan fingerprint density at radius 2 is 2.32 bits per heavy atom. The average molecular weight is 282 g/mol. The van der Waals surface area contributed by atoms with Crippen LogP contribution in [-0.4, -0.2) is 35.7 Å². The van der Waals surface area contributed by atoms with Crippen LogP contribution in [0, 0.1) is 13.8 Å². The van der Waals surface area contributed by atoms with Crippen LogP contribution in [0.2, 0.25) is 0 Å². The first-order valence-corrected chi connectivity index (χ1v) is 7.15. The number of aryl methyl sites for hydroxylation is 2. The molecule has 0 aliphatic rings. The zero-order valence-electron chi connectivity index (χ0n) is 11.8. The summed E-state index contributed by atoms with van der Waals surface area (Å²) < 4.78 is 0. The van der Waals surface area contributed by atoms with E-state index in [1.165, 1.54) is 14.7 Å². The van der Waals surface area contributed by atoms with E-state index in [1.807, 2.05) is 6.92 Å². The molecule has 1 rings (SSSR count).